The smallest absolute Gasteiger partial charge is 0.216 e. The molecule has 0 bridgehead atoms. The van der Waals surface area contributed by atoms with Crippen LogP contribution in [0.4, 0.5) is 0 Å². The molecule has 0 amide bonds. The molecule has 0 aliphatic rings. The molecule has 0 fully saturated rings. The molecule has 41 heavy (non-hydrogen) atoms. The van der Waals surface area contributed by atoms with Crippen LogP contribution in [0.3, 0.4) is 0 Å². The molecule has 0 spiro atoms. The number of ketones is 1. The Bertz CT molecular complexity index is 1780. The number of allylic oxidation sites excluding steroid dienone is 2. The number of pyridine rings is 2. The second-order valence-corrected chi connectivity index (χ2v) is 11.3. The van der Waals surface area contributed by atoms with Crippen LogP contribution in [0.5, 0.6) is 0 Å². The van der Waals surface area contributed by atoms with Gasteiger partial charge in [-0.3, -0.25) is 4.79 Å². The first kappa shape index (κ1) is 28.3. The molecule has 4 aromatic heterocycles. The predicted octanol–water partition coefficient (Wildman–Crippen LogP) is 9.85. The third-order valence-electron chi connectivity index (χ3n) is 7.71. The summed E-state index contributed by atoms with van der Waals surface area (Å²) in [7, 11) is 0. The number of fused-ring (bicyclic) bond motifs is 4. The van der Waals surface area contributed by atoms with E-state index in [0.717, 1.165) is 52.4 Å². The zero-order chi connectivity index (χ0) is 31.5. The zero-order valence-corrected chi connectivity index (χ0v) is 27.6. The van der Waals surface area contributed by atoms with Crippen molar-refractivity contribution in [1.29, 1.82) is 0 Å². The number of thiophene rings is 1. The average molecular weight is 751 g/mol. The normalized spacial score (nSPS) is 13.2. The number of furan rings is 1. The minimum absolute atomic E-state index is 0. The first-order valence-electron chi connectivity index (χ1n) is 15.5. The Kier molecular flexibility index (Phi) is 9.89. The van der Waals surface area contributed by atoms with Crippen LogP contribution in [0.2, 0.25) is 0 Å². The molecule has 0 aliphatic carbocycles. The second-order valence-electron chi connectivity index (χ2n) is 10.1. The van der Waals surface area contributed by atoms with Crippen LogP contribution in [-0.4, -0.2) is 20.9 Å². The van der Waals surface area contributed by atoms with Gasteiger partial charge < -0.3 is 14.5 Å². The summed E-state index contributed by atoms with van der Waals surface area (Å²) in [6, 6.07) is 12.3. The van der Waals surface area contributed by atoms with E-state index < -0.39 is 6.85 Å². The average Bonchev–Trinajstić information content (AvgIpc) is 3.50. The summed E-state index contributed by atoms with van der Waals surface area (Å²) < 4.78 is 29.9. The first-order valence-corrected chi connectivity index (χ1v) is 14.8. The summed E-state index contributed by atoms with van der Waals surface area (Å²) in [6.45, 7) is 10.0. The summed E-state index contributed by atoms with van der Waals surface area (Å²) in [5.41, 5.74) is 3.79. The van der Waals surface area contributed by atoms with E-state index >= 15 is 0 Å². The molecule has 0 aliphatic heterocycles. The summed E-state index contributed by atoms with van der Waals surface area (Å²) in [5.74, 6) is 0.547. The molecular weight excluding hydrogens is 709 g/mol. The summed E-state index contributed by atoms with van der Waals surface area (Å²) >= 11 is 1.71. The van der Waals surface area contributed by atoms with Crippen LogP contribution in [0, 0.1) is 38.6 Å². The van der Waals surface area contributed by atoms with E-state index in [0.29, 0.717) is 11.3 Å². The molecule has 5 aromatic rings. The molecule has 1 radical (unpaired) electrons. The van der Waals surface area contributed by atoms with Crippen molar-refractivity contribution in [2.45, 2.75) is 74.1 Å². The molecule has 0 saturated carbocycles. The van der Waals surface area contributed by atoms with Crippen molar-refractivity contribution in [3.8, 4) is 11.3 Å². The molecule has 0 saturated heterocycles. The molecular formula is C34H39IrN2O3S-. The first-order chi connectivity index (χ1) is 20.4. The number of nitrogens with zero attached hydrogens (tertiary/aromatic N) is 2. The van der Waals surface area contributed by atoms with Crippen LogP contribution in [0.1, 0.15) is 73.6 Å². The van der Waals surface area contributed by atoms with Gasteiger partial charge in [0.2, 0.25) is 5.71 Å². The number of aryl methyl sites for hydroxylation is 3. The van der Waals surface area contributed by atoms with Gasteiger partial charge in [-0.1, -0.05) is 38.6 Å². The van der Waals surface area contributed by atoms with Crippen molar-refractivity contribution in [3.05, 3.63) is 70.6 Å². The third-order valence-corrected chi connectivity index (χ3v) is 8.94. The van der Waals surface area contributed by atoms with E-state index in [2.05, 4.69) is 29.9 Å². The Morgan fingerprint density at radius 2 is 1.76 bits per heavy atom. The van der Waals surface area contributed by atoms with Gasteiger partial charge in [-0.25, -0.2) is 4.98 Å². The van der Waals surface area contributed by atoms with Gasteiger partial charge in [0.25, 0.3) is 0 Å². The van der Waals surface area contributed by atoms with Crippen LogP contribution >= 0.6 is 11.3 Å². The maximum atomic E-state index is 11.7. The standard InChI is InChI=1S/C21H15N2OS.C13H24O2.Ir/c1-11-7-8-16-15-5-4-6-17(19(15)24-21(16)23-11)18-20-14(9-10-22-18)12(2)13(3)25-20;1-5-10(6-2)12(14)9-13(15)11(7-3)8-4;/h4-5,7-10H,1-3H3;9-11,14H,5-8H2,1-4H3;/q-1;;/b;12-9-;/i1D3;;. The van der Waals surface area contributed by atoms with Crippen molar-refractivity contribution in [2.75, 3.05) is 0 Å². The van der Waals surface area contributed by atoms with Crippen molar-refractivity contribution in [3.63, 3.8) is 0 Å². The molecule has 0 unspecified atom stereocenters. The van der Waals surface area contributed by atoms with Crippen molar-refractivity contribution >= 4 is 49.3 Å². The number of benzene rings is 1. The predicted molar refractivity (Wildman–Crippen MR) is 167 cm³/mol. The van der Waals surface area contributed by atoms with Crippen LogP contribution in [0.25, 0.3) is 43.4 Å². The summed E-state index contributed by atoms with van der Waals surface area (Å²) in [5, 5.41) is 12.6. The third kappa shape index (κ3) is 6.80. The van der Waals surface area contributed by atoms with Gasteiger partial charge in [-0.15, -0.1) is 29.5 Å². The minimum Gasteiger partial charge on any atom is -0.512 e. The Labute approximate surface area is 264 Å². The number of hydrogen-bond acceptors (Lipinski definition) is 6. The monoisotopic (exact) mass is 751 g/mol. The molecule has 0 atom stereocenters. The fraction of sp³-hybridized carbons (Fsp3) is 0.382. The minimum atomic E-state index is -2.28. The van der Waals surface area contributed by atoms with Crippen molar-refractivity contribution < 1.29 is 38.5 Å². The van der Waals surface area contributed by atoms with Gasteiger partial charge in [0, 0.05) is 74.7 Å². The van der Waals surface area contributed by atoms with Crippen LogP contribution < -0.4 is 0 Å². The van der Waals surface area contributed by atoms with E-state index in [1.165, 1.54) is 28.0 Å². The van der Waals surface area contributed by atoms with Crippen molar-refractivity contribution in [2.24, 2.45) is 11.8 Å². The quantitative estimate of drug-likeness (QED) is 0.0971. The zero-order valence-electron chi connectivity index (χ0n) is 27.4. The molecule has 5 rings (SSSR count). The van der Waals surface area contributed by atoms with E-state index in [1.54, 1.807) is 23.6 Å². The topological polar surface area (TPSA) is 76.2 Å². The largest absolute Gasteiger partial charge is 0.512 e. The number of aliphatic hydroxyl groups excluding tert-OH is 1. The van der Waals surface area contributed by atoms with E-state index in [4.69, 9.17) is 8.53 Å². The Morgan fingerprint density at radius 3 is 2.41 bits per heavy atom. The van der Waals surface area contributed by atoms with Gasteiger partial charge in [0.05, 0.1) is 11.3 Å². The fourth-order valence-electron chi connectivity index (χ4n) is 5.02. The fourth-order valence-corrected chi connectivity index (χ4v) is 6.17. The molecule has 1 aromatic carbocycles. The summed E-state index contributed by atoms with van der Waals surface area (Å²) in [6.07, 6.45) is 6.71. The van der Waals surface area contributed by atoms with Gasteiger partial charge in [-0.05, 0) is 75.5 Å². The summed E-state index contributed by atoms with van der Waals surface area (Å²) in [4.78, 5) is 21.8. The molecule has 4 heterocycles. The Morgan fingerprint density at radius 1 is 1.05 bits per heavy atom. The van der Waals surface area contributed by atoms with Crippen molar-refractivity contribution in [1.82, 2.24) is 9.97 Å². The Balaban J connectivity index is 0.000000286. The van der Waals surface area contributed by atoms with Gasteiger partial charge in [-0.2, -0.15) is 0 Å². The molecule has 219 valence electrons. The molecule has 7 heteroatoms. The number of rotatable bonds is 8. The van der Waals surface area contributed by atoms with Gasteiger partial charge >= 0.3 is 0 Å². The second kappa shape index (κ2) is 14.4. The number of carbonyl (C=O) groups is 1. The number of aliphatic hydroxyl groups is 1. The number of carbonyl (C=O) groups excluding carboxylic acids is 1. The van der Waals surface area contributed by atoms with Crippen LogP contribution in [-0.2, 0) is 24.9 Å². The maximum absolute atomic E-state index is 11.7. The van der Waals surface area contributed by atoms with Gasteiger partial charge in [0.15, 0.2) is 5.78 Å². The SMILES string of the molecule is CCC(CC)C(=O)/C=C(\O)C(CC)CC.[2H]C([2H])([2H])c1ccc2c(n1)oc1c(-c3nccc4c(C)c(C)sc34)[c-]ccc12.[Ir]. The molecule has 5 nitrogen and oxygen atoms in total. The van der Waals surface area contributed by atoms with E-state index in [9.17, 15) is 9.90 Å². The number of aromatic nitrogens is 2. The Hall–Kier alpha value is -2.86. The van der Waals surface area contributed by atoms with Gasteiger partial charge in [0.1, 0.15) is 0 Å². The van der Waals surface area contributed by atoms with E-state index in [-0.39, 0.29) is 49.2 Å². The number of hydrogen-bond donors (Lipinski definition) is 1. The van der Waals surface area contributed by atoms with E-state index in [1.807, 2.05) is 45.9 Å². The molecule has 1 N–H and O–H groups in total. The van der Waals surface area contributed by atoms with Crippen LogP contribution in [0.15, 0.2) is 52.8 Å². The maximum Gasteiger partial charge on any atom is 0.216 e.